The van der Waals surface area contributed by atoms with Crippen LogP contribution in [0.15, 0.2) is 24.9 Å². The number of rotatable bonds is 5. The Morgan fingerprint density at radius 1 is 1.27 bits per heavy atom. The first kappa shape index (κ1) is 14.5. The summed E-state index contributed by atoms with van der Waals surface area (Å²) in [5, 5.41) is 2.87. The predicted molar refractivity (Wildman–Crippen MR) is 82.7 cm³/mol. The highest BCUT2D eigenvalue weighted by Crippen LogP contribution is 2.17. The lowest BCUT2D eigenvalue weighted by Gasteiger charge is -2.27. The van der Waals surface area contributed by atoms with Crippen molar-refractivity contribution in [2.45, 2.75) is 25.7 Å². The molecule has 116 valence electrons. The number of aromatic nitrogens is 4. The van der Waals surface area contributed by atoms with Crippen LogP contribution in [0.1, 0.15) is 35.4 Å². The van der Waals surface area contributed by atoms with Gasteiger partial charge in [-0.1, -0.05) is 0 Å². The third-order valence-electron chi connectivity index (χ3n) is 3.80. The molecule has 2 N–H and O–H groups in total. The summed E-state index contributed by atoms with van der Waals surface area (Å²) < 4.78 is 0. The Hall–Kier alpha value is -2.44. The van der Waals surface area contributed by atoms with Gasteiger partial charge in [0, 0.05) is 44.0 Å². The zero-order chi connectivity index (χ0) is 15.2. The van der Waals surface area contributed by atoms with Crippen molar-refractivity contribution in [2.24, 2.45) is 0 Å². The molecule has 3 rings (SSSR count). The molecule has 0 atom stereocenters. The molecule has 0 aliphatic carbocycles. The van der Waals surface area contributed by atoms with Crippen molar-refractivity contribution in [1.29, 1.82) is 0 Å². The van der Waals surface area contributed by atoms with Crippen LogP contribution in [0.25, 0.3) is 0 Å². The number of imidazole rings is 1. The third-order valence-corrected chi connectivity index (χ3v) is 3.80. The Morgan fingerprint density at radius 3 is 2.91 bits per heavy atom. The van der Waals surface area contributed by atoms with Crippen molar-refractivity contribution in [2.75, 3.05) is 24.5 Å². The molecule has 0 saturated carbocycles. The smallest absolute Gasteiger partial charge is 0.270 e. The maximum absolute atomic E-state index is 12.2. The van der Waals surface area contributed by atoms with Gasteiger partial charge in [-0.2, -0.15) is 0 Å². The Labute approximate surface area is 129 Å². The van der Waals surface area contributed by atoms with E-state index in [1.54, 1.807) is 18.6 Å². The molecule has 0 spiro atoms. The molecule has 0 unspecified atom stereocenters. The number of amides is 1. The van der Waals surface area contributed by atoms with E-state index in [4.69, 9.17) is 0 Å². The lowest BCUT2D eigenvalue weighted by Crippen LogP contribution is -2.31. The monoisotopic (exact) mass is 300 g/mol. The lowest BCUT2D eigenvalue weighted by atomic mass is 10.1. The van der Waals surface area contributed by atoms with Gasteiger partial charge in [0.05, 0.1) is 6.33 Å². The van der Waals surface area contributed by atoms with Gasteiger partial charge in [-0.3, -0.25) is 4.79 Å². The van der Waals surface area contributed by atoms with Gasteiger partial charge in [0.1, 0.15) is 17.8 Å². The molecule has 3 heterocycles. The maximum Gasteiger partial charge on any atom is 0.270 e. The van der Waals surface area contributed by atoms with Crippen LogP contribution in [0.5, 0.6) is 0 Å². The second-order valence-electron chi connectivity index (χ2n) is 5.39. The highest BCUT2D eigenvalue weighted by atomic mass is 16.1. The molecule has 0 radical (unpaired) electrons. The van der Waals surface area contributed by atoms with E-state index in [0.717, 1.165) is 31.0 Å². The van der Waals surface area contributed by atoms with Crippen LogP contribution in [0.4, 0.5) is 5.82 Å². The molecule has 2 aromatic rings. The molecule has 7 nitrogen and oxygen atoms in total. The molecule has 1 amide bonds. The first-order chi connectivity index (χ1) is 10.8. The van der Waals surface area contributed by atoms with E-state index >= 15 is 0 Å². The Bertz CT molecular complexity index is 606. The standard InChI is InChI=1S/C15H20N6O/c22-15(17-5-4-12-9-16-10-18-12)13-8-14(20-11-19-13)21-6-2-1-3-7-21/h8-11H,1-7H2,(H,16,18)(H,17,22). The number of anilines is 1. The molecular weight excluding hydrogens is 280 g/mol. The van der Waals surface area contributed by atoms with Crippen LogP contribution < -0.4 is 10.2 Å². The van der Waals surface area contributed by atoms with Crippen molar-refractivity contribution < 1.29 is 4.79 Å². The minimum atomic E-state index is -0.167. The number of H-pyrrole nitrogens is 1. The maximum atomic E-state index is 12.2. The zero-order valence-electron chi connectivity index (χ0n) is 12.5. The van der Waals surface area contributed by atoms with Gasteiger partial charge in [-0.25, -0.2) is 15.0 Å². The van der Waals surface area contributed by atoms with Crippen LogP contribution in [-0.4, -0.2) is 45.5 Å². The van der Waals surface area contributed by atoms with Gasteiger partial charge in [0.15, 0.2) is 0 Å². The molecule has 1 aliphatic rings. The summed E-state index contributed by atoms with van der Waals surface area (Å²) in [6.45, 7) is 2.54. The average molecular weight is 300 g/mol. The Kier molecular flexibility index (Phi) is 4.62. The van der Waals surface area contributed by atoms with E-state index in [-0.39, 0.29) is 5.91 Å². The fourth-order valence-corrected chi connectivity index (χ4v) is 2.59. The molecule has 1 fully saturated rings. The summed E-state index contributed by atoms with van der Waals surface area (Å²) in [7, 11) is 0. The topological polar surface area (TPSA) is 86.8 Å². The summed E-state index contributed by atoms with van der Waals surface area (Å²) in [5.74, 6) is 0.675. The van der Waals surface area contributed by atoms with Crippen LogP contribution in [0.3, 0.4) is 0 Å². The lowest BCUT2D eigenvalue weighted by molar-refractivity contribution is 0.0949. The highest BCUT2D eigenvalue weighted by Gasteiger charge is 2.15. The number of piperidine rings is 1. The van der Waals surface area contributed by atoms with Gasteiger partial charge in [0.25, 0.3) is 5.91 Å². The second-order valence-corrected chi connectivity index (χ2v) is 5.39. The predicted octanol–water partition coefficient (Wildman–Crippen LogP) is 1.16. The minimum absolute atomic E-state index is 0.167. The minimum Gasteiger partial charge on any atom is -0.357 e. The van der Waals surface area contributed by atoms with Crippen LogP contribution in [-0.2, 0) is 6.42 Å². The summed E-state index contributed by atoms with van der Waals surface area (Å²) in [5.41, 5.74) is 1.41. The van der Waals surface area contributed by atoms with Crippen LogP contribution >= 0.6 is 0 Å². The molecule has 0 bridgehead atoms. The van der Waals surface area contributed by atoms with Gasteiger partial charge in [-0.05, 0) is 19.3 Å². The van der Waals surface area contributed by atoms with E-state index in [0.29, 0.717) is 12.2 Å². The number of carbonyl (C=O) groups excluding carboxylic acids is 1. The zero-order valence-corrected chi connectivity index (χ0v) is 12.5. The quantitative estimate of drug-likeness (QED) is 0.865. The number of aromatic amines is 1. The molecule has 1 aliphatic heterocycles. The molecule has 1 saturated heterocycles. The van der Waals surface area contributed by atoms with Crippen molar-refractivity contribution in [1.82, 2.24) is 25.3 Å². The third kappa shape index (κ3) is 3.60. The molecular formula is C15H20N6O. The van der Waals surface area contributed by atoms with Crippen LogP contribution in [0.2, 0.25) is 0 Å². The Balaban J connectivity index is 1.57. The fraction of sp³-hybridized carbons (Fsp3) is 0.467. The fourth-order valence-electron chi connectivity index (χ4n) is 2.59. The Morgan fingerprint density at radius 2 is 2.14 bits per heavy atom. The van der Waals surface area contributed by atoms with Gasteiger partial charge < -0.3 is 15.2 Å². The first-order valence-corrected chi connectivity index (χ1v) is 7.65. The molecule has 2 aromatic heterocycles. The van der Waals surface area contributed by atoms with E-state index in [1.165, 1.54) is 25.6 Å². The van der Waals surface area contributed by atoms with E-state index in [2.05, 4.69) is 30.2 Å². The summed E-state index contributed by atoms with van der Waals surface area (Å²) in [6.07, 6.45) is 9.19. The molecule has 22 heavy (non-hydrogen) atoms. The van der Waals surface area contributed by atoms with Gasteiger partial charge in [-0.15, -0.1) is 0 Å². The van der Waals surface area contributed by atoms with Crippen molar-refractivity contribution in [3.63, 3.8) is 0 Å². The van der Waals surface area contributed by atoms with Crippen molar-refractivity contribution >= 4 is 11.7 Å². The van der Waals surface area contributed by atoms with Crippen molar-refractivity contribution in [3.8, 4) is 0 Å². The number of carbonyl (C=O) groups is 1. The van der Waals surface area contributed by atoms with E-state index in [1.807, 2.05) is 0 Å². The van der Waals surface area contributed by atoms with E-state index < -0.39 is 0 Å². The second kappa shape index (κ2) is 7.02. The summed E-state index contributed by atoms with van der Waals surface area (Å²) >= 11 is 0. The largest absolute Gasteiger partial charge is 0.357 e. The normalized spacial score (nSPS) is 14.8. The first-order valence-electron chi connectivity index (χ1n) is 7.65. The number of nitrogens with zero attached hydrogens (tertiary/aromatic N) is 4. The van der Waals surface area contributed by atoms with E-state index in [9.17, 15) is 4.79 Å². The number of nitrogens with one attached hydrogen (secondary N) is 2. The highest BCUT2D eigenvalue weighted by molar-refractivity contribution is 5.92. The SMILES string of the molecule is O=C(NCCc1cnc[nH]1)c1cc(N2CCCCC2)ncn1. The number of hydrogen-bond donors (Lipinski definition) is 2. The summed E-state index contributed by atoms with van der Waals surface area (Å²) in [6, 6.07) is 1.77. The van der Waals surface area contributed by atoms with Crippen LogP contribution in [0, 0.1) is 0 Å². The summed E-state index contributed by atoms with van der Waals surface area (Å²) in [4.78, 5) is 29.7. The van der Waals surface area contributed by atoms with Gasteiger partial charge >= 0.3 is 0 Å². The number of hydrogen-bond acceptors (Lipinski definition) is 5. The average Bonchev–Trinajstić information content (AvgIpc) is 3.09. The molecule has 0 aromatic carbocycles. The van der Waals surface area contributed by atoms with Crippen molar-refractivity contribution in [3.05, 3.63) is 36.3 Å². The van der Waals surface area contributed by atoms with Gasteiger partial charge in [0.2, 0.25) is 0 Å². The molecule has 7 heteroatoms.